The molecule has 5 N–H and O–H groups in total. The van der Waals surface area contributed by atoms with Crippen molar-refractivity contribution in [2.24, 2.45) is 5.73 Å². The third kappa shape index (κ3) is 2.51. The summed E-state index contributed by atoms with van der Waals surface area (Å²) in [6.45, 7) is 2.46. The number of nitrogen functional groups attached to an aromatic ring is 1. The van der Waals surface area contributed by atoms with Crippen molar-refractivity contribution in [3.8, 4) is 0 Å². The van der Waals surface area contributed by atoms with Gasteiger partial charge >= 0.3 is 5.97 Å². The Hall–Kier alpha value is -2.68. The first-order valence-corrected chi connectivity index (χ1v) is 7.85. The van der Waals surface area contributed by atoms with Crippen molar-refractivity contribution in [3.63, 3.8) is 0 Å². The SMILES string of the molecule is CCn1cc(C(=O)O)c(=O)c2c(N)c(F)c(N3CCC(N)C3)c(F)c21. The van der Waals surface area contributed by atoms with Gasteiger partial charge in [0.1, 0.15) is 11.3 Å². The van der Waals surface area contributed by atoms with Gasteiger partial charge in [-0.2, -0.15) is 0 Å². The molecule has 0 amide bonds. The van der Waals surface area contributed by atoms with Crippen LogP contribution < -0.4 is 21.8 Å². The van der Waals surface area contributed by atoms with Crippen molar-refractivity contribution in [2.75, 3.05) is 23.7 Å². The van der Waals surface area contributed by atoms with Gasteiger partial charge in [-0.3, -0.25) is 4.79 Å². The zero-order valence-electron chi connectivity index (χ0n) is 13.6. The summed E-state index contributed by atoms with van der Waals surface area (Å²) >= 11 is 0. The molecular weight excluding hydrogens is 334 g/mol. The number of carbonyl (C=O) groups is 1. The molecule has 0 saturated carbocycles. The number of benzene rings is 1. The van der Waals surface area contributed by atoms with E-state index in [4.69, 9.17) is 16.6 Å². The fourth-order valence-electron chi connectivity index (χ4n) is 3.27. The molecule has 1 fully saturated rings. The molecule has 0 bridgehead atoms. The van der Waals surface area contributed by atoms with Crippen LogP contribution >= 0.6 is 0 Å². The van der Waals surface area contributed by atoms with Crippen molar-refractivity contribution in [2.45, 2.75) is 25.9 Å². The van der Waals surface area contributed by atoms with Gasteiger partial charge in [-0.15, -0.1) is 0 Å². The molecule has 0 radical (unpaired) electrons. The highest BCUT2D eigenvalue weighted by Gasteiger charge is 2.30. The molecule has 134 valence electrons. The van der Waals surface area contributed by atoms with Crippen LogP contribution in [0.1, 0.15) is 23.7 Å². The topological polar surface area (TPSA) is 115 Å². The average molecular weight is 352 g/mol. The Kier molecular flexibility index (Phi) is 4.11. The summed E-state index contributed by atoms with van der Waals surface area (Å²) in [6, 6.07) is -0.210. The third-order valence-corrected chi connectivity index (χ3v) is 4.52. The van der Waals surface area contributed by atoms with Crippen molar-refractivity contribution in [1.82, 2.24) is 4.57 Å². The molecule has 0 spiro atoms. The molecule has 1 aliphatic rings. The monoisotopic (exact) mass is 352 g/mol. The Labute approximate surface area is 141 Å². The number of fused-ring (bicyclic) bond motifs is 1. The minimum absolute atomic E-state index is 0.179. The highest BCUT2D eigenvalue weighted by atomic mass is 19.1. The minimum Gasteiger partial charge on any atom is -0.477 e. The van der Waals surface area contributed by atoms with Gasteiger partial charge in [-0.1, -0.05) is 0 Å². The van der Waals surface area contributed by atoms with Crippen LogP contribution in [0.5, 0.6) is 0 Å². The quantitative estimate of drug-likeness (QED) is 0.713. The zero-order chi connectivity index (χ0) is 18.5. The maximum absolute atomic E-state index is 15.2. The van der Waals surface area contributed by atoms with Gasteiger partial charge in [0.2, 0.25) is 5.43 Å². The van der Waals surface area contributed by atoms with E-state index in [1.807, 2.05) is 0 Å². The molecule has 1 aromatic heterocycles. The molecule has 0 aliphatic carbocycles. The van der Waals surface area contributed by atoms with Gasteiger partial charge in [-0.05, 0) is 13.3 Å². The van der Waals surface area contributed by atoms with E-state index < -0.39 is 39.7 Å². The van der Waals surface area contributed by atoms with Crippen LogP contribution in [0, 0.1) is 11.6 Å². The van der Waals surface area contributed by atoms with Crippen molar-refractivity contribution in [3.05, 3.63) is 33.6 Å². The molecule has 1 aromatic carbocycles. The Balaban J connectivity index is 2.43. The van der Waals surface area contributed by atoms with Crippen LogP contribution in [0.2, 0.25) is 0 Å². The van der Waals surface area contributed by atoms with Gasteiger partial charge in [0.25, 0.3) is 0 Å². The van der Waals surface area contributed by atoms with Crippen molar-refractivity contribution < 1.29 is 18.7 Å². The summed E-state index contributed by atoms with van der Waals surface area (Å²) in [5.41, 5.74) is 8.91. The van der Waals surface area contributed by atoms with Gasteiger partial charge in [0.05, 0.1) is 16.6 Å². The summed E-state index contributed by atoms with van der Waals surface area (Å²) in [5, 5.41) is 8.71. The Morgan fingerprint density at radius 2 is 2.08 bits per heavy atom. The molecule has 1 aliphatic heterocycles. The lowest BCUT2D eigenvalue weighted by Gasteiger charge is -2.23. The predicted molar refractivity (Wildman–Crippen MR) is 90.0 cm³/mol. The molecule has 2 aromatic rings. The molecule has 2 heterocycles. The fraction of sp³-hybridized carbons (Fsp3) is 0.375. The molecule has 1 unspecified atom stereocenters. The van der Waals surface area contributed by atoms with E-state index in [0.29, 0.717) is 13.0 Å². The number of nitrogens with zero attached hydrogens (tertiary/aromatic N) is 2. The van der Waals surface area contributed by atoms with E-state index in [2.05, 4.69) is 0 Å². The fourth-order valence-corrected chi connectivity index (χ4v) is 3.27. The lowest BCUT2D eigenvalue weighted by atomic mass is 10.1. The number of nitrogens with two attached hydrogens (primary N) is 2. The van der Waals surface area contributed by atoms with Crippen LogP contribution in [-0.2, 0) is 6.54 Å². The number of carboxylic acid groups (broad SMARTS) is 1. The molecule has 1 atom stereocenters. The van der Waals surface area contributed by atoms with E-state index in [1.54, 1.807) is 6.92 Å². The molecule has 3 rings (SSSR count). The summed E-state index contributed by atoms with van der Waals surface area (Å²) < 4.78 is 31.2. The van der Waals surface area contributed by atoms with E-state index in [1.165, 1.54) is 9.47 Å². The summed E-state index contributed by atoms with van der Waals surface area (Å²) in [4.78, 5) is 25.1. The van der Waals surface area contributed by atoms with Crippen LogP contribution in [0.3, 0.4) is 0 Å². The van der Waals surface area contributed by atoms with Crippen LogP contribution in [0.25, 0.3) is 10.9 Å². The van der Waals surface area contributed by atoms with Crippen molar-refractivity contribution >= 4 is 28.2 Å². The number of pyridine rings is 1. The smallest absolute Gasteiger partial charge is 0.341 e. The minimum atomic E-state index is -1.48. The third-order valence-electron chi connectivity index (χ3n) is 4.52. The van der Waals surface area contributed by atoms with Crippen LogP contribution in [-0.4, -0.2) is 34.8 Å². The number of halogens is 2. The summed E-state index contributed by atoms with van der Waals surface area (Å²) in [5.74, 6) is -3.49. The number of hydrogen-bond donors (Lipinski definition) is 3. The predicted octanol–water partition coefficient (Wildman–Crippen LogP) is 1.12. The first kappa shape index (κ1) is 17.2. The molecule has 25 heavy (non-hydrogen) atoms. The van der Waals surface area contributed by atoms with Crippen LogP contribution in [0.15, 0.2) is 11.0 Å². The highest BCUT2D eigenvalue weighted by molar-refractivity contribution is 5.99. The second-order valence-electron chi connectivity index (χ2n) is 6.07. The van der Waals surface area contributed by atoms with E-state index in [0.717, 1.165) is 6.20 Å². The second-order valence-corrected chi connectivity index (χ2v) is 6.07. The molecule has 1 saturated heterocycles. The lowest BCUT2D eigenvalue weighted by molar-refractivity contribution is 0.0695. The normalized spacial score (nSPS) is 17.4. The number of aryl methyl sites for hydroxylation is 1. The number of aromatic nitrogens is 1. The Morgan fingerprint density at radius 1 is 1.40 bits per heavy atom. The molecule has 7 nitrogen and oxygen atoms in total. The summed E-state index contributed by atoms with van der Waals surface area (Å²) in [7, 11) is 0. The number of anilines is 2. The van der Waals surface area contributed by atoms with Gasteiger partial charge < -0.3 is 26.0 Å². The summed E-state index contributed by atoms with van der Waals surface area (Å²) in [6.07, 6.45) is 1.63. The standard InChI is InChI=1S/C16H18F2N4O3/c1-2-21-6-8(16(24)25)15(23)9-12(20)10(17)14(11(18)13(9)21)22-4-3-7(19)5-22/h6-7H,2-5,19-20H2,1H3,(H,24,25). The number of carboxylic acids is 1. The second kappa shape index (κ2) is 5.99. The lowest BCUT2D eigenvalue weighted by Crippen LogP contribution is -2.29. The van der Waals surface area contributed by atoms with Gasteiger partial charge in [-0.25, -0.2) is 13.6 Å². The maximum Gasteiger partial charge on any atom is 0.341 e. The van der Waals surface area contributed by atoms with Gasteiger partial charge in [0, 0.05) is 31.9 Å². The first-order chi connectivity index (χ1) is 11.8. The van der Waals surface area contributed by atoms with E-state index >= 15 is 4.39 Å². The average Bonchev–Trinajstić information content (AvgIpc) is 2.98. The van der Waals surface area contributed by atoms with E-state index in [-0.39, 0.29) is 30.3 Å². The zero-order valence-corrected chi connectivity index (χ0v) is 13.6. The van der Waals surface area contributed by atoms with Crippen molar-refractivity contribution in [1.29, 1.82) is 0 Å². The Morgan fingerprint density at radius 3 is 2.60 bits per heavy atom. The Bertz CT molecular complexity index is 942. The van der Waals surface area contributed by atoms with E-state index in [9.17, 15) is 14.0 Å². The largest absolute Gasteiger partial charge is 0.477 e. The number of hydrogen-bond acceptors (Lipinski definition) is 5. The highest BCUT2D eigenvalue weighted by Crippen LogP contribution is 2.36. The maximum atomic E-state index is 15.2. The molecular formula is C16H18F2N4O3. The van der Waals surface area contributed by atoms with Crippen LogP contribution in [0.4, 0.5) is 20.2 Å². The first-order valence-electron chi connectivity index (χ1n) is 7.85. The molecule has 9 heteroatoms. The van der Waals surface area contributed by atoms with Gasteiger partial charge in [0.15, 0.2) is 11.6 Å². The number of aromatic carboxylic acids is 1. The number of rotatable bonds is 3.